The van der Waals surface area contributed by atoms with Crippen molar-refractivity contribution >= 4 is 5.78 Å². The Labute approximate surface area is 119 Å². The lowest BCUT2D eigenvalue weighted by atomic mass is 9.78. The largest absolute Gasteiger partial charge is 0.385 e. The molecule has 0 bridgehead atoms. The Morgan fingerprint density at radius 2 is 2.00 bits per heavy atom. The Kier molecular flexibility index (Phi) is 7.06. The van der Waals surface area contributed by atoms with Crippen molar-refractivity contribution in [1.29, 1.82) is 0 Å². The number of carbonyl (C=O) groups is 1. The van der Waals surface area contributed by atoms with Crippen molar-refractivity contribution in [3.8, 4) is 0 Å². The molecule has 3 unspecified atom stereocenters. The van der Waals surface area contributed by atoms with E-state index in [9.17, 15) is 4.79 Å². The van der Waals surface area contributed by atoms with Gasteiger partial charge >= 0.3 is 0 Å². The maximum Gasteiger partial charge on any atom is 0.135 e. The van der Waals surface area contributed by atoms with E-state index in [4.69, 9.17) is 0 Å². The first-order valence-corrected chi connectivity index (χ1v) is 8.15. The zero-order chi connectivity index (χ0) is 14.3. The van der Waals surface area contributed by atoms with E-state index in [2.05, 4.69) is 18.6 Å². The van der Waals surface area contributed by atoms with Crippen molar-refractivity contribution in [3.05, 3.63) is 0 Å². The molecule has 0 N–H and O–H groups in total. The lowest BCUT2D eigenvalue weighted by Crippen LogP contribution is -2.22. The summed E-state index contributed by atoms with van der Waals surface area (Å²) in [4.78, 5) is 11.9. The third-order valence-corrected chi connectivity index (χ3v) is 5.14. The Morgan fingerprint density at radius 3 is 2.47 bits per heavy atom. The van der Waals surface area contributed by atoms with Crippen LogP contribution in [0.15, 0.2) is 0 Å². The van der Waals surface area contributed by atoms with Crippen LogP contribution in [0.1, 0.15) is 72.1 Å². The molecule has 19 heavy (non-hydrogen) atoms. The number of Topliss-reactive ketones (excluding diaryl/α,β-unsaturated/α-hetero) is 1. The maximum atomic E-state index is 11.9. The second-order valence-corrected chi connectivity index (χ2v) is 6.24. The Hall–Kier alpha value is -0.370. The first kappa shape index (κ1) is 16.7. The van der Waals surface area contributed by atoms with Gasteiger partial charge in [-0.15, -0.1) is 0 Å². The average Bonchev–Trinajstić information content (AvgIpc) is 3.19. The average molecular weight is 268 g/mol. The quantitative estimate of drug-likeness (QED) is 0.703. The van der Waals surface area contributed by atoms with Gasteiger partial charge in [-0.3, -0.25) is 4.79 Å². The summed E-state index contributed by atoms with van der Waals surface area (Å²) in [5.74, 6) is 1.91. The van der Waals surface area contributed by atoms with E-state index >= 15 is 0 Å². The van der Waals surface area contributed by atoms with Crippen molar-refractivity contribution in [1.82, 2.24) is 0 Å². The van der Waals surface area contributed by atoms with Gasteiger partial charge < -0.3 is 4.74 Å². The van der Waals surface area contributed by atoms with Gasteiger partial charge in [-0.05, 0) is 50.4 Å². The molecule has 2 rings (SSSR count). The van der Waals surface area contributed by atoms with E-state index < -0.39 is 0 Å². The first-order chi connectivity index (χ1) is 9.13. The Bertz CT molecular complexity index is 272. The van der Waals surface area contributed by atoms with Crippen molar-refractivity contribution in [2.45, 2.75) is 72.1 Å². The van der Waals surface area contributed by atoms with Crippen molar-refractivity contribution in [2.75, 3.05) is 13.7 Å². The number of carbonyl (C=O) groups excluding carboxylic acids is 1. The minimum Gasteiger partial charge on any atom is -0.385 e. The zero-order valence-electron chi connectivity index (χ0n) is 13.3. The number of methoxy groups -OCH3 is 1. The third kappa shape index (κ3) is 4.59. The summed E-state index contributed by atoms with van der Waals surface area (Å²) in [5.41, 5.74) is 0.696. The number of rotatable bonds is 6. The van der Waals surface area contributed by atoms with Crippen molar-refractivity contribution in [2.24, 2.45) is 17.3 Å². The van der Waals surface area contributed by atoms with Crippen LogP contribution in [0.5, 0.6) is 0 Å². The van der Waals surface area contributed by atoms with E-state index in [-0.39, 0.29) is 0 Å². The SMILES string of the molecule is CCCCC(=O)C1CCC2(CC)CC2C1.CCOC. The predicted molar refractivity (Wildman–Crippen MR) is 80.3 cm³/mol. The van der Waals surface area contributed by atoms with Gasteiger partial charge in [-0.25, -0.2) is 0 Å². The summed E-state index contributed by atoms with van der Waals surface area (Å²) in [7, 11) is 1.68. The number of hydrogen-bond acceptors (Lipinski definition) is 2. The molecule has 0 spiro atoms. The molecule has 2 aliphatic rings. The van der Waals surface area contributed by atoms with Crippen LogP contribution in [0.2, 0.25) is 0 Å². The fourth-order valence-electron chi connectivity index (χ4n) is 3.45. The number of ether oxygens (including phenoxy) is 1. The minimum absolute atomic E-state index is 0.434. The van der Waals surface area contributed by atoms with Crippen molar-refractivity contribution < 1.29 is 9.53 Å². The topological polar surface area (TPSA) is 26.3 Å². The van der Waals surface area contributed by atoms with Gasteiger partial charge in [0, 0.05) is 26.1 Å². The first-order valence-electron chi connectivity index (χ1n) is 8.15. The molecule has 0 aromatic heterocycles. The van der Waals surface area contributed by atoms with Crippen molar-refractivity contribution in [3.63, 3.8) is 0 Å². The van der Waals surface area contributed by atoms with Crippen LogP contribution >= 0.6 is 0 Å². The molecule has 0 amide bonds. The highest BCUT2D eigenvalue weighted by atomic mass is 16.5. The second-order valence-electron chi connectivity index (χ2n) is 6.24. The van der Waals surface area contributed by atoms with Gasteiger partial charge in [0.2, 0.25) is 0 Å². The number of ketones is 1. The number of unbranched alkanes of at least 4 members (excludes halogenated alkanes) is 1. The van der Waals surface area contributed by atoms with Crippen LogP contribution in [0.3, 0.4) is 0 Å². The summed E-state index contributed by atoms with van der Waals surface area (Å²) >= 11 is 0. The lowest BCUT2D eigenvalue weighted by Gasteiger charge is -2.26. The van der Waals surface area contributed by atoms with E-state index in [0.717, 1.165) is 31.8 Å². The molecule has 0 radical (unpaired) electrons. The molecule has 112 valence electrons. The van der Waals surface area contributed by atoms with Gasteiger partial charge in [-0.1, -0.05) is 26.7 Å². The summed E-state index contributed by atoms with van der Waals surface area (Å²) in [5, 5.41) is 0. The zero-order valence-corrected chi connectivity index (χ0v) is 13.3. The molecular weight excluding hydrogens is 236 g/mol. The molecule has 0 saturated heterocycles. The molecule has 0 heterocycles. The summed E-state index contributed by atoms with van der Waals surface area (Å²) in [6.45, 7) is 7.26. The highest BCUT2D eigenvalue weighted by molar-refractivity contribution is 5.81. The number of hydrogen-bond donors (Lipinski definition) is 0. The maximum absolute atomic E-state index is 11.9. The molecule has 2 heteroatoms. The summed E-state index contributed by atoms with van der Waals surface area (Å²) in [6, 6.07) is 0. The molecule has 2 nitrogen and oxygen atoms in total. The Morgan fingerprint density at radius 1 is 1.32 bits per heavy atom. The summed E-state index contributed by atoms with van der Waals surface area (Å²) < 4.78 is 4.54. The van der Waals surface area contributed by atoms with E-state index in [1.807, 2.05) is 6.92 Å². The molecular formula is C17H32O2. The molecule has 3 atom stereocenters. The smallest absolute Gasteiger partial charge is 0.135 e. The van der Waals surface area contributed by atoms with Crippen LogP contribution < -0.4 is 0 Å². The van der Waals surface area contributed by atoms with Crippen LogP contribution in [0.4, 0.5) is 0 Å². The predicted octanol–water partition coefficient (Wildman–Crippen LogP) is 4.61. The van der Waals surface area contributed by atoms with E-state index in [0.29, 0.717) is 17.1 Å². The Balaban J connectivity index is 0.000000399. The lowest BCUT2D eigenvalue weighted by molar-refractivity contribution is -0.124. The molecule has 0 aromatic carbocycles. The second kappa shape index (κ2) is 8.04. The van der Waals surface area contributed by atoms with E-state index in [1.165, 1.54) is 32.1 Å². The number of fused-ring (bicyclic) bond motifs is 1. The van der Waals surface area contributed by atoms with Gasteiger partial charge in [-0.2, -0.15) is 0 Å². The van der Waals surface area contributed by atoms with Gasteiger partial charge in [0.25, 0.3) is 0 Å². The van der Waals surface area contributed by atoms with Crippen LogP contribution in [-0.4, -0.2) is 19.5 Å². The fraction of sp³-hybridized carbons (Fsp3) is 0.941. The van der Waals surface area contributed by atoms with Gasteiger partial charge in [0.15, 0.2) is 0 Å². The highest BCUT2D eigenvalue weighted by Crippen LogP contribution is 2.64. The monoisotopic (exact) mass is 268 g/mol. The van der Waals surface area contributed by atoms with Gasteiger partial charge in [0.05, 0.1) is 0 Å². The minimum atomic E-state index is 0.434. The standard InChI is InChI=1S/C14H24O.C3H8O/c1-3-5-6-13(15)11-7-8-14(4-2)10-12(14)9-11;1-3-4-2/h11-12H,3-10H2,1-2H3;3H2,1-2H3. The molecule has 0 aliphatic heterocycles. The summed E-state index contributed by atoms with van der Waals surface area (Å²) in [6.07, 6.45) is 9.58. The molecule has 2 aliphatic carbocycles. The normalized spacial score (nSPS) is 32.0. The van der Waals surface area contributed by atoms with Crippen LogP contribution in [0, 0.1) is 17.3 Å². The molecule has 2 fully saturated rings. The highest BCUT2D eigenvalue weighted by Gasteiger charge is 2.55. The van der Waals surface area contributed by atoms with Gasteiger partial charge in [0.1, 0.15) is 5.78 Å². The fourth-order valence-corrected chi connectivity index (χ4v) is 3.45. The van der Waals surface area contributed by atoms with Crippen LogP contribution in [0.25, 0.3) is 0 Å². The van der Waals surface area contributed by atoms with Crippen LogP contribution in [-0.2, 0) is 9.53 Å². The third-order valence-electron chi connectivity index (χ3n) is 5.14. The van der Waals surface area contributed by atoms with E-state index in [1.54, 1.807) is 7.11 Å². The molecule has 2 saturated carbocycles. The molecule has 0 aromatic rings.